The van der Waals surface area contributed by atoms with Crippen LogP contribution in [0.3, 0.4) is 0 Å². The lowest BCUT2D eigenvalue weighted by molar-refractivity contribution is -0.236. The molecule has 0 radical (unpaired) electrons. The summed E-state index contributed by atoms with van der Waals surface area (Å²) in [4.78, 5) is 36.0. The van der Waals surface area contributed by atoms with Crippen LogP contribution in [0, 0.1) is 0 Å². The molecule has 0 bridgehead atoms. The molecule has 0 unspecified atom stereocenters. The van der Waals surface area contributed by atoms with Crippen LogP contribution in [-0.4, -0.2) is 123 Å². The molecule has 41 heavy (non-hydrogen) atoms. The summed E-state index contributed by atoms with van der Waals surface area (Å²) in [5.74, 6) is -0.420. The zero-order chi connectivity index (χ0) is 30.0. The van der Waals surface area contributed by atoms with Crippen molar-refractivity contribution >= 4 is 17.3 Å². The number of ether oxygens (including phenoxy) is 4. The van der Waals surface area contributed by atoms with Gasteiger partial charge < -0.3 is 61.1 Å². The molecule has 15 heteroatoms. The van der Waals surface area contributed by atoms with Gasteiger partial charge in [-0.1, -0.05) is 6.42 Å². The second-order valence-electron chi connectivity index (χ2n) is 9.72. The fourth-order valence-corrected chi connectivity index (χ4v) is 4.10. The largest absolute Gasteiger partial charge is 0.394 e. The Morgan fingerprint density at radius 2 is 1.32 bits per heavy atom. The van der Waals surface area contributed by atoms with E-state index in [0.717, 1.165) is 6.42 Å². The molecule has 0 aromatic heterocycles. The van der Waals surface area contributed by atoms with Crippen LogP contribution in [0.25, 0.3) is 0 Å². The van der Waals surface area contributed by atoms with Gasteiger partial charge in [-0.3, -0.25) is 14.4 Å². The molecule has 9 N–H and O–H groups in total. The number of nitrogens with two attached hydrogens (primary N) is 1. The summed E-state index contributed by atoms with van der Waals surface area (Å²) in [5.41, 5.74) is 4.79. The van der Waals surface area contributed by atoms with Crippen molar-refractivity contribution in [3.8, 4) is 0 Å². The van der Waals surface area contributed by atoms with Gasteiger partial charge in [0, 0.05) is 32.7 Å². The summed E-state index contributed by atoms with van der Waals surface area (Å²) in [6.07, 6.45) is -3.54. The molecule has 0 aliphatic carbocycles. The highest BCUT2D eigenvalue weighted by atomic mass is 16.6. The lowest BCUT2D eigenvalue weighted by Crippen LogP contribution is -2.63. The Morgan fingerprint density at radius 3 is 1.90 bits per heavy atom. The average molecular weight is 591 g/mol. The van der Waals surface area contributed by atoms with Gasteiger partial charge in [-0.25, -0.2) is 0 Å². The van der Waals surface area contributed by atoms with Crippen LogP contribution < -0.4 is 32.5 Å². The summed E-state index contributed by atoms with van der Waals surface area (Å²) >= 11 is 0. The summed E-state index contributed by atoms with van der Waals surface area (Å²) < 4.78 is 21.5. The number of carbonyl (C=O) groups is 1. The van der Waals surface area contributed by atoms with Crippen LogP contribution in [0.15, 0.2) is 9.59 Å². The molecule has 1 aliphatic rings. The van der Waals surface area contributed by atoms with Crippen molar-refractivity contribution in [2.75, 3.05) is 76.5 Å². The van der Waals surface area contributed by atoms with E-state index in [1.54, 1.807) is 0 Å². The molecule has 1 amide bonds. The molecule has 1 aromatic carbocycles. The number of aliphatic hydroxyl groups excluding tert-OH is 4. The number of rotatable bonds is 23. The van der Waals surface area contributed by atoms with Crippen LogP contribution in [0.4, 0.5) is 11.4 Å². The number of unbranched alkanes of at least 4 members (excludes halogenated alkanes) is 2. The zero-order valence-corrected chi connectivity index (χ0v) is 23.4. The maximum atomic E-state index is 12.2. The number of nitrogens with one attached hydrogen (secondary N) is 3. The van der Waals surface area contributed by atoms with Crippen molar-refractivity contribution in [2.24, 2.45) is 5.73 Å². The lowest BCUT2D eigenvalue weighted by atomic mass is 9.98. The summed E-state index contributed by atoms with van der Waals surface area (Å²) in [6, 6.07) is 0. The summed E-state index contributed by atoms with van der Waals surface area (Å²) in [7, 11) is 0. The van der Waals surface area contributed by atoms with Crippen LogP contribution in [0.5, 0.6) is 0 Å². The van der Waals surface area contributed by atoms with Gasteiger partial charge in [-0.05, 0) is 32.2 Å². The van der Waals surface area contributed by atoms with Gasteiger partial charge in [0.05, 0.1) is 33.0 Å². The number of aliphatic hydroxyl groups is 4. The molecule has 1 fully saturated rings. The Labute approximate surface area is 239 Å². The van der Waals surface area contributed by atoms with Crippen molar-refractivity contribution in [1.29, 1.82) is 0 Å². The fraction of sp³-hybridized carbons (Fsp3) is 0.808. The highest BCUT2D eigenvalue weighted by molar-refractivity contribution is 5.76. The second-order valence-corrected chi connectivity index (χ2v) is 9.72. The normalized spacial score (nSPS) is 22.6. The van der Waals surface area contributed by atoms with E-state index in [1.165, 1.54) is 0 Å². The molecule has 1 aliphatic heterocycles. The molecule has 1 heterocycles. The standard InChI is InChI=1S/C26H46N4O11/c27-7-4-10-38-12-14-40-15-13-39-11-5-9-29-20-19(22(34)23(20)35)28-8-3-1-2-6-18(32)30-26-25(37)24(36)21(33)17(16-31)41-26/h17,21,24-26,28-29,31,33,36-37H,1-16,27H2,(H,30,32)/t17-,21+,24+,25-,26-/m1/s1. The Balaban J connectivity index is 1.51. The highest BCUT2D eigenvalue weighted by Crippen LogP contribution is 2.20. The molecule has 0 spiro atoms. The topological polar surface area (TPSA) is 231 Å². The summed E-state index contributed by atoms with van der Waals surface area (Å²) in [6.45, 7) is 3.97. The van der Waals surface area contributed by atoms with Gasteiger partial charge in [0.2, 0.25) is 5.91 Å². The van der Waals surface area contributed by atoms with Gasteiger partial charge in [-0.2, -0.15) is 0 Å². The smallest absolute Gasteiger partial charge is 0.253 e. The van der Waals surface area contributed by atoms with E-state index in [-0.39, 0.29) is 17.8 Å². The molecular weight excluding hydrogens is 544 g/mol. The molecule has 236 valence electrons. The van der Waals surface area contributed by atoms with Crippen LogP contribution in [0.1, 0.15) is 38.5 Å². The third-order valence-corrected chi connectivity index (χ3v) is 6.49. The third kappa shape index (κ3) is 11.9. The monoisotopic (exact) mass is 590 g/mol. The van der Waals surface area contributed by atoms with Crippen LogP contribution in [0.2, 0.25) is 0 Å². The number of hydrogen-bond donors (Lipinski definition) is 8. The second kappa shape index (κ2) is 19.8. The molecule has 1 saturated heterocycles. The van der Waals surface area contributed by atoms with E-state index in [0.29, 0.717) is 85.0 Å². The van der Waals surface area contributed by atoms with Crippen molar-refractivity contribution in [3.63, 3.8) is 0 Å². The molecule has 2 rings (SSSR count). The van der Waals surface area contributed by atoms with Crippen molar-refractivity contribution < 1.29 is 44.2 Å². The van der Waals surface area contributed by atoms with Crippen molar-refractivity contribution in [3.05, 3.63) is 20.4 Å². The van der Waals surface area contributed by atoms with E-state index < -0.39 is 54.0 Å². The van der Waals surface area contributed by atoms with E-state index in [4.69, 9.17) is 24.7 Å². The fourth-order valence-electron chi connectivity index (χ4n) is 4.10. The van der Waals surface area contributed by atoms with Gasteiger partial charge in [-0.15, -0.1) is 0 Å². The highest BCUT2D eigenvalue weighted by Gasteiger charge is 2.43. The number of amides is 1. The molecular formula is C26H46N4O11. The van der Waals surface area contributed by atoms with Crippen molar-refractivity contribution in [1.82, 2.24) is 5.32 Å². The average Bonchev–Trinajstić information content (AvgIpc) is 2.97. The Morgan fingerprint density at radius 1 is 0.756 bits per heavy atom. The van der Waals surface area contributed by atoms with Gasteiger partial charge >= 0.3 is 0 Å². The molecule has 15 nitrogen and oxygen atoms in total. The van der Waals surface area contributed by atoms with E-state index in [9.17, 15) is 34.8 Å². The number of carbonyl (C=O) groups excluding carboxylic acids is 1. The van der Waals surface area contributed by atoms with Crippen LogP contribution >= 0.6 is 0 Å². The minimum absolute atomic E-state index is 0.125. The molecule has 0 saturated carbocycles. The maximum Gasteiger partial charge on any atom is 0.253 e. The van der Waals surface area contributed by atoms with Gasteiger partial charge in [0.15, 0.2) is 6.23 Å². The first kappa shape index (κ1) is 35.0. The van der Waals surface area contributed by atoms with Crippen LogP contribution in [-0.2, 0) is 23.7 Å². The minimum Gasteiger partial charge on any atom is -0.394 e. The third-order valence-electron chi connectivity index (χ3n) is 6.49. The van der Waals surface area contributed by atoms with Gasteiger partial charge in [0.25, 0.3) is 10.9 Å². The molecule has 1 aromatic rings. The quantitative estimate of drug-likeness (QED) is 0.0482. The predicted molar refractivity (Wildman–Crippen MR) is 149 cm³/mol. The zero-order valence-electron chi connectivity index (χ0n) is 23.4. The minimum atomic E-state index is -1.56. The van der Waals surface area contributed by atoms with E-state index >= 15 is 0 Å². The first-order valence-corrected chi connectivity index (χ1v) is 14.2. The van der Waals surface area contributed by atoms with Crippen molar-refractivity contribution in [2.45, 2.75) is 69.2 Å². The number of hydrogen-bond acceptors (Lipinski definition) is 14. The SMILES string of the molecule is NCCCOCCOCCOCCCNc1c(NCCCCCC(=O)N[C@@H]2O[C@H](CO)[C@H](O)[C@H](O)[C@H]2O)c(=O)c1=O. The first-order valence-electron chi connectivity index (χ1n) is 14.2. The van der Waals surface area contributed by atoms with E-state index in [2.05, 4.69) is 16.0 Å². The maximum absolute atomic E-state index is 12.2. The first-order chi connectivity index (χ1) is 19.8. The Kier molecular flexibility index (Phi) is 16.9. The molecule has 5 atom stereocenters. The lowest BCUT2D eigenvalue weighted by Gasteiger charge is -2.40. The summed E-state index contributed by atoms with van der Waals surface area (Å²) in [5, 5.41) is 47.2. The van der Waals surface area contributed by atoms with E-state index in [1.807, 2.05) is 0 Å². The van der Waals surface area contributed by atoms with Gasteiger partial charge in [0.1, 0.15) is 35.8 Å². The Bertz CT molecular complexity index is 941. The number of anilines is 2. The predicted octanol–water partition coefficient (Wildman–Crippen LogP) is -2.63. The Hall–Kier alpha value is -2.21.